The van der Waals surface area contributed by atoms with Crippen molar-refractivity contribution in [2.75, 3.05) is 11.4 Å². The molecule has 0 saturated carbocycles. The van der Waals surface area contributed by atoms with Gasteiger partial charge in [0.2, 0.25) is 0 Å². The van der Waals surface area contributed by atoms with Gasteiger partial charge in [0.1, 0.15) is 5.75 Å². The third kappa shape index (κ3) is 2.75. The van der Waals surface area contributed by atoms with Crippen LogP contribution in [-0.4, -0.2) is 34.7 Å². The van der Waals surface area contributed by atoms with Gasteiger partial charge in [-0.3, -0.25) is 9.59 Å². The average molecular weight is 279 g/mol. The van der Waals surface area contributed by atoms with Crippen LogP contribution in [0, 0.1) is 0 Å². The fraction of sp³-hybridized carbons (Fsp3) is 0.429. The second kappa shape index (κ2) is 5.92. The van der Waals surface area contributed by atoms with Gasteiger partial charge in [0.05, 0.1) is 18.7 Å². The van der Waals surface area contributed by atoms with Gasteiger partial charge >= 0.3 is 5.97 Å². The number of carbonyl (C=O) groups is 2. The largest absolute Gasteiger partial charge is 0.481 e. The number of carboxylic acid groups (broad SMARTS) is 1. The number of aliphatic carboxylic acids is 1. The molecule has 2 rings (SSSR count). The zero-order valence-corrected chi connectivity index (χ0v) is 11.2. The summed E-state index contributed by atoms with van der Waals surface area (Å²) in [4.78, 5) is 24.4. The standard InChI is InChI=1S/C14H17NO5/c1-2-11-14(19)15(6-5-13(17)18)10-7-9(8-16)3-4-12(10)20-11/h3-4,7,11,16H,2,5-6,8H2,1H3,(H,17,18). The van der Waals surface area contributed by atoms with E-state index in [0.29, 0.717) is 23.4 Å². The first kappa shape index (κ1) is 14.3. The van der Waals surface area contributed by atoms with E-state index in [1.807, 2.05) is 6.92 Å². The summed E-state index contributed by atoms with van der Waals surface area (Å²) in [5, 5.41) is 18.0. The van der Waals surface area contributed by atoms with Crippen molar-refractivity contribution in [3.05, 3.63) is 23.8 Å². The van der Waals surface area contributed by atoms with Crippen molar-refractivity contribution in [2.45, 2.75) is 32.5 Å². The van der Waals surface area contributed by atoms with E-state index in [4.69, 9.17) is 14.9 Å². The van der Waals surface area contributed by atoms with E-state index in [1.165, 1.54) is 4.90 Å². The van der Waals surface area contributed by atoms with Crippen LogP contribution < -0.4 is 9.64 Å². The lowest BCUT2D eigenvalue weighted by atomic mass is 10.1. The Morgan fingerprint density at radius 2 is 2.20 bits per heavy atom. The normalized spacial score (nSPS) is 17.6. The smallest absolute Gasteiger partial charge is 0.305 e. The Morgan fingerprint density at radius 1 is 1.45 bits per heavy atom. The minimum Gasteiger partial charge on any atom is -0.481 e. The van der Waals surface area contributed by atoms with Gasteiger partial charge in [-0.15, -0.1) is 0 Å². The lowest BCUT2D eigenvalue weighted by Crippen LogP contribution is -2.46. The van der Waals surface area contributed by atoms with Gasteiger partial charge in [-0.25, -0.2) is 0 Å². The first-order valence-corrected chi connectivity index (χ1v) is 6.50. The lowest BCUT2D eigenvalue weighted by Gasteiger charge is -2.34. The molecule has 0 spiro atoms. The Kier molecular flexibility index (Phi) is 4.24. The number of nitrogens with zero attached hydrogens (tertiary/aromatic N) is 1. The minimum atomic E-state index is -0.961. The Morgan fingerprint density at radius 3 is 2.80 bits per heavy atom. The number of amides is 1. The maximum Gasteiger partial charge on any atom is 0.305 e. The molecule has 6 heteroatoms. The second-order valence-corrected chi connectivity index (χ2v) is 4.61. The number of rotatable bonds is 5. The Balaban J connectivity index is 2.36. The molecule has 2 N–H and O–H groups in total. The van der Waals surface area contributed by atoms with Gasteiger partial charge in [-0.05, 0) is 24.1 Å². The lowest BCUT2D eigenvalue weighted by molar-refractivity contribution is -0.136. The molecule has 1 aromatic rings. The molecule has 0 radical (unpaired) electrons. The molecule has 1 aliphatic rings. The number of ether oxygens (including phenoxy) is 1. The van der Waals surface area contributed by atoms with Crippen LogP contribution >= 0.6 is 0 Å². The fourth-order valence-corrected chi connectivity index (χ4v) is 2.16. The zero-order chi connectivity index (χ0) is 14.7. The molecule has 0 bridgehead atoms. The Bertz CT molecular complexity index is 528. The molecule has 1 amide bonds. The minimum absolute atomic E-state index is 0.0932. The summed E-state index contributed by atoms with van der Waals surface area (Å²) in [5.74, 6) is -0.660. The summed E-state index contributed by atoms with van der Waals surface area (Å²) < 4.78 is 5.61. The molecule has 0 aliphatic carbocycles. The van der Waals surface area contributed by atoms with Crippen LogP contribution in [0.1, 0.15) is 25.3 Å². The molecule has 0 aromatic heterocycles. The van der Waals surface area contributed by atoms with E-state index in [2.05, 4.69) is 0 Å². The molecular weight excluding hydrogens is 262 g/mol. The first-order valence-electron chi connectivity index (χ1n) is 6.50. The number of anilines is 1. The van der Waals surface area contributed by atoms with Crippen molar-refractivity contribution in [3.63, 3.8) is 0 Å². The van der Waals surface area contributed by atoms with Crippen LogP contribution in [-0.2, 0) is 16.2 Å². The molecule has 1 aromatic carbocycles. The molecule has 0 fully saturated rings. The highest BCUT2D eigenvalue weighted by Gasteiger charge is 2.33. The van der Waals surface area contributed by atoms with E-state index >= 15 is 0 Å². The second-order valence-electron chi connectivity index (χ2n) is 4.61. The summed E-state index contributed by atoms with van der Waals surface area (Å²) in [6.45, 7) is 1.78. The molecule has 1 aliphatic heterocycles. The van der Waals surface area contributed by atoms with Gasteiger partial charge in [0.15, 0.2) is 6.10 Å². The van der Waals surface area contributed by atoms with E-state index in [9.17, 15) is 9.59 Å². The van der Waals surface area contributed by atoms with Gasteiger partial charge in [0, 0.05) is 6.54 Å². The molecule has 1 heterocycles. The molecule has 108 valence electrons. The van der Waals surface area contributed by atoms with Gasteiger partial charge in [-0.1, -0.05) is 13.0 Å². The molecular formula is C14H17NO5. The van der Waals surface area contributed by atoms with Crippen molar-refractivity contribution in [1.82, 2.24) is 0 Å². The van der Waals surface area contributed by atoms with Crippen LogP contribution in [0.3, 0.4) is 0 Å². The van der Waals surface area contributed by atoms with Crippen molar-refractivity contribution < 1.29 is 24.5 Å². The predicted octanol–water partition coefficient (Wildman–Crippen LogP) is 1.16. The van der Waals surface area contributed by atoms with Crippen LogP contribution in [0.25, 0.3) is 0 Å². The van der Waals surface area contributed by atoms with Crippen molar-refractivity contribution in [2.24, 2.45) is 0 Å². The van der Waals surface area contributed by atoms with Crippen LogP contribution in [0.5, 0.6) is 5.75 Å². The number of carbonyl (C=O) groups excluding carboxylic acids is 1. The fourth-order valence-electron chi connectivity index (χ4n) is 2.16. The SMILES string of the molecule is CCC1Oc2ccc(CO)cc2N(CCC(=O)O)C1=O. The molecule has 1 unspecified atom stereocenters. The highest BCUT2D eigenvalue weighted by atomic mass is 16.5. The Labute approximate surface area is 116 Å². The van der Waals surface area contributed by atoms with Gasteiger partial charge in [-0.2, -0.15) is 0 Å². The van der Waals surface area contributed by atoms with Crippen molar-refractivity contribution in [1.29, 1.82) is 0 Å². The topological polar surface area (TPSA) is 87.1 Å². The highest BCUT2D eigenvalue weighted by molar-refractivity contribution is 6.00. The summed E-state index contributed by atoms with van der Waals surface area (Å²) in [6.07, 6.45) is -0.203. The molecule has 6 nitrogen and oxygen atoms in total. The van der Waals surface area contributed by atoms with Crippen LogP contribution in [0.2, 0.25) is 0 Å². The molecule has 20 heavy (non-hydrogen) atoms. The summed E-state index contributed by atoms with van der Waals surface area (Å²) >= 11 is 0. The summed E-state index contributed by atoms with van der Waals surface area (Å²) in [7, 11) is 0. The number of hydrogen-bond acceptors (Lipinski definition) is 4. The van der Waals surface area contributed by atoms with Crippen LogP contribution in [0.15, 0.2) is 18.2 Å². The Hall–Kier alpha value is -2.08. The number of carboxylic acids is 1. The van der Waals surface area contributed by atoms with E-state index in [0.717, 1.165) is 0 Å². The van der Waals surface area contributed by atoms with E-state index in [-0.39, 0.29) is 25.5 Å². The van der Waals surface area contributed by atoms with Crippen LogP contribution in [0.4, 0.5) is 5.69 Å². The maximum absolute atomic E-state index is 12.3. The van der Waals surface area contributed by atoms with Crippen molar-refractivity contribution in [3.8, 4) is 5.75 Å². The van der Waals surface area contributed by atoms with Crippen molar-refractivity contribution >= 4 is 17.6 Å². The number of aliphatic hydroxyl groups excluding tert-OH is 1. The maximum atomic E-state index is 12.3. The average Bonchev–Trinajstić information content (AvgIpc) is 2.44. The number of fused-ring (bicyclic) bond motifs is 1. The van der Waals surface area contributed by atoms with E-state index in [1.54, 1.807) is 18.2 Å². The number of aliphatic hydroxyl groups is 1. The third-order valence-corrected chi connectivity index (χ3v) is 3.23. The van der Waals surface area contributed by atoms with Gasteiger partial charge in [0.25, 0.3) is 5.91 Å². The molecule has 1 atom stereocenters. The van der Waals surface area contributed by atoms with Gasteiger partial charge < -0.3 is 19.8 Å². The summed E-state index contributed by atoms with van der Waals surface area (Å²) in [5.41, 5.74) is 1.17. The predicted molar refractivity (Wildman–Crippen MR) is 71.7 cm³/mol. The number of benzene rings is 1. The number of hydrogen-bond donors (Lipinski definition) is 2. The zero-order valence-electron chi connectivity index (χ0n) is 11.2. The first-order chi connectivity index (χ1) is 9.56. The highest BCUT2D eigenvalue weighted by Crippen LogP contribution is 2.35. The molecule has 0 saturated heterocycles. The third-order valence-electron chi connectivity index (χ3n) is 3.23. The quantitative estimate of drug-likeness (QED) is 0.844. The monoisotopic (exact) mass is 279 g/mol. The summed E-state index contributed by atoms with van der Waals surface area (Å²) in [6, 6.07) is 5.07. The van der Waals surface area contributed by atoms with E-state index < -0.39 is 12.1 Å².